The summed E-state index contributed by atoms with van der Waals surface area (Å²) in [5.41, 5.74) is -0.733. The van der Waals surface area contributed by atoms with Gasteiger partial charge in [-0.2, -0.15) is 0 Å². The van der Waals surface area contributed by atoms with Crippen molar-refractivity contribution in [2.75, 3.05) is 11.9 Å². The highest BCUT2D eigenvalue weighted by Gasteiger charge is 2.12. The second kappa shape index (κ2) is 6.49. The van der Waals surface area contributed by atoms with Crippen molar-refractivity contribution in [1.29, 1.82) is 0 Å². The van der Waals surface area contributed by atoms with Gasteiger partial charge in [-0.3, -0.25) is 4.79 Å². The highest BCUT2D eigenvalue weighted by Crippen LogP contribution is 2.20. The molecule has 0 aliphatic rings. The Kier molecular flexibility index (Phi) is 4.24. The lowest BCUT2D eigenvalue weighted by Crippen LogP contribution is -2.21. The van der Waals surface area contributed by atoms with Crippen molar-refractivity contribution in [3.05, 3.63) is 70.6 Å². The van der Waals surface area contributed by atoms with Gasteiger partial charge in [-0.25, -0.2) is 13.6 Å². The lowest BCUT2D eigenvalue weighted by Gasteiger charge is -2.09. The molecule has 1 N–H and O–H groups in total. The molecular weight excluding hydrogens is 320 g/mol. The first-order valence-corrected chi connectivity index (χ1v) is 6.93. The van der Waals surface area contributed by atoms with E-state index in [1.807, 2.05) is 0 Å². The first-order chi connectivity index (χ1) is 11.5. The molecule has 0 aliphatic carbocycles. The van der Waals surface area contributed by atoms with Gasteiger partial charge in [-0.05, 0) is 30.3 Å². The van der Waals surface area contributed by atoms with Crippen LogP contribution in [-0.2, 0) is 4.79 Å². The molecule has 5 nitrogen and oxygen atoms in total. The van der Waals surface area contributed by atoms with E-state index >= 15 is 0 Å². The number of hydrogen-bond acceptors (Lipinski definition) is 4. The van der Waals surface area contributed by atoms with Gasteiger partial charge in [0.25, 0.3) is 5.91 Å². The van der Waals surface area contributed by atoms with Gasteiger partial charge in [-0.1, -0.05) is 6.07 Å². The Balaban J connectivity index is 1.69. The highest BCUT2D eigenvalue weighted by atomic mass is 19.1. The predicted octanol–water partition coefficient (Wildman–Crippen LogP) is 3.09. The summed E-state index contributed by atoms with van der Waals surface area (Å²) in [7, 11) is 0. The zero-order valence-corrected chi connectivity index (χ0v) is 12.2. The molecule has 7 heteroatoms. The van der Waals surface area contributed by atoms with Crippen LogP contribution in [0.15, 0.2) is 57.7 Å². The first-order valence-electron chi connectivity index (χ1n) is 6.93. The van der Waals surface area contributed by atoms with Gasteiger partial charge >= 0.3 is 5.63 Å². The molecule has 0 radical (unpaired) electrons. The zero-order valence-electron chi connectivity index (χ0n) is 12.2. The molecule has 0 saturated carbocycles. The third-order valence-electron chi connectivity index (χ3n) is 3.19. The van der Waals surface area contributed by atoms with E-state index < -0.39 is 35.5 Å². The van der Waals surface area contributed by atoms with E-state index in [4.69, 9.17) is 9.15 Å². The summed E-state index contributed by atoms with van der Waals surface area (Å²) in [6.45, 7) is -0.462. The number of anilines is 1. The Labute approximate surface area is 134 Å². The Hall–Kier alpha value is -3.22. The van der Waals surface area contributed by atoms with E-state index in [0.29, 0.717) is 11.0 Å². The van der Waals surface area contributed by atoms with Crippen LogP contribution in [0.3, 0.4) is 0 Å². The van der Waals surface area contributed by atoms with Crippen LogP contribution in [0.1, 0.15) is 0 Å². The molecule has 0 spiro atoms. The van der Waals surface area contributed by atoms with Gasteiger partial charge in [-0.15, -0.1) is 0 Å². The third-order valence-corrected chi connectivity index (χ3v) is 3.19. The van der Waals surface area contributed by atoms with Gasteiger partial charge in [0.05, 0.1) is 0 Å². The molecular formula is C17H11F2NO4. The van der Waals surface area contributed by atoms with Crippen LogP contribution >= 0.6 is 0 Å². The summed E-state index contributed by atoms with van der Waals surface area (Å²) in [4.78, 5) is 23.0. The molecule has 0 aliphatic heterocycles. The van der Waals surface area contributed by atoms with Crippen molar-refractivity contribution < 1.29 is 22.7 Å². The van der Waals surface area contributed by atoms with Crippen LogP contribution in [0.2, 0.25) is 0 Å². The second-order valence-corrected chi connectivity index (χ2v) is 4.89. The fourth-order valence-corrected chi connectivity index (χ4v) is 2.07. The van der Waals surface area contributed by atoms with Gasteiger partial charge in [0.1, 0.15) is 28.7 Å². The number of carbonyl (C=O) groups is 1. The monoisotopic (exact) mass is 331 g/mol. The number of benzene rings is 2. The summed E-state index contributed by atoms with van der Waals surface area (Å²) in [6, 6.07) is 10.8. The molecule has 0 bridgehead atoms. The summed E-state index contributed by atoms with van der Waals surface area (Å²) in [5.74, 6) is -2.21. The number of hydrogen-bond donors (Lipinski definition) is 1. The summed E-state index contributed by atoms with van der Waals surface area (Å²) in [6.07, 6.45) is 0. The van der Waals surface area contributed by atoms with Crippen LogP contribution in [-0.4, -0.2) is 12.5 Å². The van der Waals surface area contributed by atoms with E-state index in [1.165, 1.54) is 18.2 Å². The minimum atomic E-state index is -0.879. The van der Waals surface area contributed by atoms with Crippen molar-refractivity contribution >= 4 is 22.6 Å². The maximum Gasteiger partial charge on any atom is 0.336 e. The zero-order chi connectivity index (χ0) is 17.1. The highest BCUT2D eigenvalue weighted by molar-refractivity contribution is 5.92. The largest absolute Gasteiger partial charge is 0.484 e. The van der Waals surface area contributed by atoms with Crippen molar-refractivity contribution in [3.63, 3.8) is 0 Å². The molecule has 3 rings (SSSR count). The first kappa shape index (κ1) is 15.7. The standard InChI is InChI=1S/C17H11F2NO4/c18-12-2-1-3-13(19)17(12)20-15(21)9-23-11-6-4-10-5-7-16(22)24-14(10)8-11/h1-8H,9H2,(H,20,21). The molecule has 1 heterocycles. The maximum atomic E-state index is 13.4. The normalized spacial score (nSPS) is 10.6. The van der Waals surface area contributed by atoms with Gasteiger partial charge in [0.15, 0.2) is 6.61 Å². The van der Waals surface area contributed by atoms with E-state index in [9.17, 15) is 18.4 Å². The molecule has 1 amide bonds. The molecule has 0 saturated heterocycles. The summed E-state index contributed by atoms with van der Waals surface area (Å²) < 4.78 is 37.1. The summed E-state index contributed by atoms with van der Waals surface area (Å²) >= 11 is 0. The quantitative estimate of drug-likeness (QED) is 0.746. The van der Waals surface area contributed by atoms with E-state index in [0.717, 1.165) is 12.1 Å². The SMILES string of the molecule is O=C(COc1ccc2ccc(=O)oc2c1)Nc1c(F)cccc1F. The number of amides is 1. The van der Waals surface area contributed by atoms with Crippen LogP contribution < -0.4 is 15.7 Å². The van der Waals surface area contributed by atoms with Crippen molar-refractivity contribution in [3.8, 4) is 5.75 Å². The Morgan fingerprint density at radius 2 is 1.79 bits per heavy atom. The number of halogens is 2. The molecule has 122 valence electrons. The molecule has 0 unspecified atom stereocenters. The topological polar surface area (TPSA) is 68.5 Å². The van der Waals surface area contributed by atoms with Crippen molar-refractivity contribution in [2.24, 2.45) is 0 Å². The van der Waals surface area contributed by atoms with Gasteiger partial charge in [0, 0.05) is 17.5 Å². The number of nitrogens with one attached hydrogen (secondary N) is 1. The third kappa shape index (κ3) is 3.40. The average Bonchev–Trinajstić information content (AvgIpc) is 2.56. The summed E-state index contributed by atoms with van der Waals surface area (Å²) in [5, 5.41) is 2.80. The predicted molar refractivity (Wildman–Crippen MR) is 83.0 cm³/mol. The fraction of sp³-hybridized carbons (Fsp3) is 0.0588. The fourth-order valence-electron chi connectivity index (χ4n) is 2.07. The van der Waals surface area contributed by atoms with Gasteiger partial charge in [0.2, 0.25) is 0 Å². The van der Waals surface area contributed by atoms with E-state index in [-0.39, 0.29) is 5.75 Å². The molecule has 1 aromatic heterocycles. The second-order valence-electron chi connectivity index (χ2n) is 4.89. The molecule has 2 aromatic carbocycles. The lowest BCUT2D eigenvalue weighted by atomic mass is 10.2. The van der Waals surface area contributed by atoms with Crippen LogP contribution in [0.25, 0.3) is 11.0 Å². The average molecular weight is 331 g/mol. The molecule has 0 fully saturated rings. The number of rotatable bonds is 4. The van der Waals surface area contributed by atoms with Gasteiger partial charge < -0.3 is 14.5 Å². The smallest absolute Gasteiger partial charge is 0.336 e. The Morgan fingerprint density at radius 3 is 2.54 bits per heavy atom. The lowest BCUT2D eigenvalue weighted by molar-refractivity contribution is -0.118. The Morgan fingerprint density at radius 1 is 1.08 bits per heavy atom. The number of para-hydroxylation sites is 1. The van der Waals surface area contributed by atoms with Crippen molar-refractivity contribution in [2.45, 2.75) is 0 Å². The number of carbonyl (C=O) groups excluding carboxylic acids is 1. The van der Waals surface area contributed by atoms with Crippen LogP contribution in [0.5, 0.6) is 5.75 Å². The van der Waals surface area contributed by atoms with Crippen LogP contribution in [0, 0.1) is 11.6 Å². The minimum Gasteiger partial charge on any atom is -0.484 e. The van der Waals surface area contributed by atoms with E-state index in [1.54, 1.807) is 18.2 Å². The molecule has 0 atom stereocenters. The number of fused-ring (bicyclic) bond motifs is 1. The Bertz CT molecular complexity index is 948. The van der Waals surface area contributed by atoms with E-state index in [2.05, 4.69) is 5.32 Å². The molecule has 3 aromatic rings. The van der Waals surface area contributed by atoms with Crippen LogP contribution in [0.4, 0.5) is 14.5 Å². The molecule has 24 heavy (non-hydrogen) atoms. The number of ether oxygens (including phenoxy) is 1. The maximum absolute atomic E-state index is 13.4. The minimum absolute atomic E-state index is 0.279. The van der Waals surface area contributed by atoms with Crippen molar-refractivity contribution in [1.82, 2.24) is 0 Å².